The maximum atomic E-state index is 8.68. The van der Waals surface area contributed by atoms with E-state index in [1.165, 1.54) is 0 Å². The highest BCUT2D eigenvalue weighted by Crippen LogP contribution is 2.23. The SMILES string of the molecule is OCCSCc1csc(-c2ccccn2)n1. The van der Waals surface area contributed by atoms with Gasteiger partial charge in [-0.05, 0) is 12.1 Å². The molecule has 0 spiro atoms. The summed E-state index contributed by atoms with van der Waals surface area (Å²) in [6.07, 6.45) is 1.77. The molecule has 0 bridgehead atoms. The molecule has 0 saturated carbocycles. The Kier molecular flexibility index (Phi) is 4.33. The second kappa shape index (κ2) is 5.98. The monoisotopic (exact) mass is 252 g/mol. The van der Waals surface area contributed by atoms with Crippen molar-refractivity contribution in [1.82, 2.24) is 9.97 Å². The molecule has 0 radical (unpaired) electrons. The van der Waals surface area contributed by atoms with E-state index in [-0.39, 0.29) is 6.61 Å². The molecule has 0 fully saturated rings. The fraction of sp³-hybridized carbons (Fsp3) is 0.273. The molecule has 1 N–H and O–H groups in total. The standard InChI is InChI=1S/C11H12N2OS2/c14-5-6-15-7-9-8-16-11(13-9)10-3-1-2-4-12-10/h1-4,8,14H,5-7H2. The fourth-order valence-corrected chi connectivity index (χ4v) is 2.75. The van der Waals surface area contributed by atoms with E-state index in [1.807, 2.05) is 23.6 Å². The first-order chi connectivity index (χ1) is 7.90. The van der Waals surface area contributed by atoms with Gasteiger partial charge in [-0.2, -0.15) is 11.8 Å². The van der Waals surface area contributed by atoms with Crippen LogP contribution in [-0.4, -0.2) is 27.4 Å². The fourth-order valence-electron chi connectivity index (χ4n) is 1.22. The number of thiazole rings is 1. The molecule has 2 heterocycles. The van der Waals surface area contributed by atoms with Gasteiger partial charge in [0.05, 0.1) is 18.0 Å². The van der Waals surface area contributed by atoms with Crippen molar-refractivity contribution < 1.29 is 5.11 Å². The van der Waals surface area contributed by atoms with Gasteiger partial charge in [0.25, 0.3) is 0 Å². The van der Waals surface area contributed by atoms with E-state index in [0.29, 0.717) is 0 Å². The molecule has 2 aromatic rings. The zero-order valence-corrected chi connectivity index (χ0v) is 10.3. The molecular weight excluding hydrogens is 240 g/mol. The van der Waals surface area contributed by atoms with Gasteiger partial charge in [0.1, 0.15) is 5.01 Å². The number of rotatable bonds is 5. The van der Waals surface area contributed by atoms with Crippen molar-refractivity contribution in [3.63, 3.8) is 0 Å². The smallest absolute Gasteiger partial charge is 0.142 e. The Labute approximate surface area is 103 Å². The third-order valence-electron chi connectivity index (χ3n) is 1.92. The van der Waals surface area contributed by atoms with Gasteiger partial charge in [-0.15, -0.1) is 11.3 Å². The van der Waals surface area contributed by atoms with Gasteiger partial charge in [0, 0.05) is 23.1 Å². The quantitative estimate of drug-likeness (QED) is 0.830. The third-order valence-corrected chi connectivity index (χ3v) is 3.81. The average molecular weight is 252 g/mol. The Morgan fingerprint density at radius 1 is 1.38 bits per heavy atom. The van der Waals surface area contributed by atoms with Gasteiger partial charge in [-0.3, -0.25) is 4.98 Å². The molecule has 0 unspecified atom stereocenters. The molecule has 0 aromatic carbocycles. The van der Waals surface area contributed by atoms with Crippen molar-refractivity contribution >= 4 is 23.1 Å². The van der Waals surface area contributed by atoms with Crippen LogP contribution in [-0.2, 0) is 5.75 Å². The van der Waals surface area contributed by atoms with Crippen LogP contribution in [0.2, 0.25) is 0 Å². The van der Waals surface area contributed by atoms with Crippen molar-refractivity contribution in [1.29, 1.82) is 0 Å². The van der Waals surface area contributed by atoms with Crippen LogP contribution in [0.1, 0.15) is 5.69 Å². The zero-order chi connectivity index (χ0) is 11.2. The second-order valence-electron chi connectivity index (χ2n) is 3.14. The number of nitrogens with zero attached hydrogens (tertiary/aromatic N) is 2. The maximum absolute atomic E-state index is 8.68. The summed E-state index contributed by atoms with van der Waals surface area (Å²) in [5, 5.41) is 11.7. The maximum Gasteiger partial charge on any atom is 0.142 e. The van der Waals surface area contributed by atoms with Crippen molar-refractivity contribution in [2.45, 2.75) is 5.75 Å². The lowest BCUT2D eigenvalue weighted by molar-refractivity contribution is 0.322. The number of aliphatic hydroxyl groups is 1. The molecule has 0 aliphatic carbocycles. The predicted molar refractivity (Wildman–Crippen MR) is 68.6 cm³/mol. The van der Waals surface area contributed by atoms with Gasteiger partial charge in [-0.1, -0.05) is 6.07 Å². The van der Waals surface area contributed by atoms with Crippen LogP contribution in [0.5, 0.6) is 0 Å². The third kappa shape index (κ3) is 3.04. The number of aliphatic hydroxyl groups excluding tert-OH is 1. The van der Waals surface area contributed by atoms with Crippen LogP contribution in [0.15, 0.2) is 29.8 Å². The van der Waals surface area contributed by atoms with Crippen LogP contribution in [0.4, 0.5) is 0 Å². The first-order valence-corrected chi connectivity index (χ1v) is 6.98. The normalized spacial score (nSPS) is 10.6. The van der Waals surface area contributed by atoms with Crippen molar-refractivity contribution in [2.75, 3.05) is 12.4 Å². The molecule has 0 saturated heterocycles. The van der Waals surface area contributed by atoms with Gasteiger partial charge >= 0.3 is 0 Å². The van der Waals surface area contributed by atoms with E-state index in [4.69, 9.17) is 5.11 Å². The van der Waals surface area contributed by atoms with E-state index in [9.17, 15) is 0 Å². The summed E-state index contributed by atoms with van der Waals surface area (Å²) < 4.78 is 0. The minimum atomic E-state index is 0.224. The van der Waals surface area contributed by atoms with Crippen LogP contribution >= 0.6 is 23.1 Å². The Balaban J connectivity index is 2.02. The lowest BCUT2D eigenvalue weighted by Gasteiger charge is -1.95. The zero-order valence-electron chi connectivity index (χ0n) is 8.67. The van der Waals surface area contributed by atoms with Gasteiger partial charge in [0.15, 0.2) is 0 Å². The van der Waals surface area contributed by atoms with E-state index in [2.05, 4.69) is 9.97 Å². The summed E-state index contributed by atoms with van der Waals surface area (Å²) in [6, 6.07) is 5.82. The van der Waals surface area contributed by atoms with Crippen molar-refractivity contribution in [3.05, 3.63) is 35.5 Å². The molecule has 0 atom stereocenters. The summed E-state index contributed by atoms with van der Waals surface area (Å²) in [4.78, 5) is 8.77. The number of hydrogen-bond acceptors (Lipinski definition) is 5. The summed E-state index contributed by atoms with van der Waals surface area (Å²) in [5.74, 6) is 1.61. The van der Waals surface area contributed by atoms with Crippen molar-refractivity contribution in [3.8, 4) is 10.7 Å². The first kappa shape index (κ1) is 11.6. The van der Waals surface area contributed by atoms with Gasteiger partial charge in [0.2, 0.25) is 0 Å². The largest absolute Gasteiger partial charge is 0.396 e. The van der Waals surface area contributed by atoms with E-state index >= 15 is 0 Å². The number of thioether (sulfide) groups is 1. The van der Waals surface area contributed by atoms with Crippen LogP contribution in [0, 0.1) is 0 Å². The molecule has 0 amide bonds. The molecule has 0 aliphatic rings. The Hall–Kier alpha value is -0.910. The van der Waals surface area contributed by atoms with Crippen LogP contribution in [0.3, 0.4) is 0 Å². The molecule has 84 valence electrons. The number of aromatic nitrogens is 2. The molecule has 2 aromatic heterocycles. The van der Waals surface area contributed by atoms with Crippen LogP contribution in [0.25, 0.3) is 10.7 Å². The molecule has 5 heteroatoms. The predicted octanol–water partition coefficient (Wildman–Crippen LogP) is 2.43. The van der Waals surface area contributed by atoms with E-state index < -0.39 is 0 Å². The van der Waals surface area contributed by atoms with Gasteiger partial charge < -0.3 is 5.11 Å². The average Bonchev–Trinajstić information content (AvgIpc) is 2.79. The van der Waals surface area contributed by atoms with Gasteiger partial charge in [-0.25, -0.2) is 4.98 Å². The molecule has 2 rings (SSSR count). The Morgan fingerprint density at radius 3 is 3.06 bits per heavy atom. The topological polar surface area (TPSA) is 46.0 Å². The first-order valence-electron chi connectivity index (χ1n) is 4.94. The summed E-state index contributed by atoms with van der Waals surface area (Å²) in [7, 11) is 0. The summed E-state index contributed by atoms with van der Waals surface area (Å²) in [5.41, 5.74) is 1.98. The van der Waals surface area contributed by atoms with E-state index in [1.54, 1.807) is 29.3 Å². The summed E-state index contributed by atoms with van der Waals surface area (Å²) >= 11 is 3.30. The molecular formula is C11H12N2OS2. The molecule has 0 aliphatic heterocycles. The Bertz CT molecular complexity index is 431. The number of hydrogen-bond donors (Lipinski definition) is 1. The Morgan fingerprint density at radius 2 is 2.31 bits per heavy atom. The highest BCUT2D eigenvalue weighted by molar-refractivity contribution is 7.98. The van der Waals surface area contributed by atoms with E-state index in [0.717, 1.165) is 27.9 Å². The summed E-state index contributed by atoms with van der Waals surface area (Å²) in [6.45, 7) is 0.224. The van der Waals surface area contributed by atoms with Crippen LogP contribution < -0.4 is 0 Å². The molecule has 16 heavy (non-hydrogen) atoms. The van der Waals surface area contributed by atoms with Crippen molar-refractivity contribution in [2.24, 2.45) is 0 Å². The molecule has 3 nitrogen and oxygen atoms in total. The highest BCUT2D eigenvalue weighted by Gasteiger charge is 2.04. The lowest BCUT2D eigenvalue weighted by atomic mass is 10.4. The highest BCUT2D eigenvalue weighted by atomic mass is 32.2. The second-order valence-corrected chi connectivity index (χ2v) is 5.10. The minimum absolute atomic E-state index is 0.224. The lowest BCUT2D eigenvalue weighted by Crippen LogP contribution is -1.88. The number of pyridine rings is 1. The minimum Gasteiger partial charge on any atom is -0.396 e.